The van der Waals surface area contributed by atoms with E-state index in [0.29, 0.717) is 29.7 Å². The molecule has 0 saturated heterocycles. The van der Waals surface area contributed by atoms with Crippen molar-refractivity contribution < 1.29 is 14.7 Å². The van der Waals surface area contributed by atoms with Crippen LogP contribution in [0.1, 0.15) is 57.7 Å². The topological polar surface area (TPSA) is 86.3 Å². The van der Waals surface area contributed by atoms with Gasteiger partial charge < -0.3 is 10.0 Å². The molecule has 2 aromatic carbocycles. The number of phenols is 1. The maximum Gasteiger partial charge on any atom is 0.258 e. The first kappa shape index (κ1) is 18.4. The number of ketones is 1. The molecule has 148 valence electrons. The van der Waals surface area contributed by atoms with Gasteiger partial charge in [-0.05, 0) is 42.2 Å². The van der Waals surface area contributed by atoms with Crippen LogP contribution in [0.5, 0.6) is 5.75 Å². The van der Waals surface area contributed by atoms with Crippen LogP contribution in [0.15, 0.2) is 34.8 Å². The minimum Gasteiger partial charge on any atom is -0.507 e. The molecule has 1 aromatic heterocycles. The fraction of sp³-hybridized carbons (Fsp3) is 0.318. The van der Waals surface area contributed by atoms with E-state index in [2.05, 4.69) is 26.1 Å². The third kappa shape index (κ3) is 3.13. The van der Waals surface area contributed by atoms with Crippen molar-refractivity contribution in [2.75, 3.05) is 0 Å². The highest BCUT2D eigenvalue weighted by Gasteiger charge is 2.30. The minimum atomic E-state index is -0.253. The molecule has 1 amide bonds. The van der Waals surface area contributed by atoms with E-state index in [-0.39, 0.29) is 28.9 Å². The summed E-state index contributed by atoms with van der Waals surface area (Å²) in [7, 11) is 0. The lowest BCUT2D eigenvalue weighted by Crippen LogP contribution is -2.25. The number of halogens is 1. The van der Waals surface area contributed by atoms with Crippen molar-refractivity contribution in [1.29, 1.82) is 0 Å². The summed E-state index contributed by atoms with van der Waals surface area (Å²) >= 11 is 3.46. The first-order valence-electron chi connectivity index (χ1n) is 9.83. The third-order valence-corrected chi connectivity index (χ3v) is 6.54. The Kier molecular flexibility index (Phi) is 4.42. The van der Waals surface area contributed by atoms with Crippen LogP contribution in [0.4, 0.5) is 0 Å². The van der Waals surface area contributed by atoms with Crippen LogP contribution in [0.25, 0.3) is 10.9 Å². The summed E-state index contributed by atoms with van der Waals surface area (Å²) in [6.45, 7) is 0.989. The lowest BCUT2D eigenvalue weighted by atomic mass is 9.97. The fourth-order valence-corrected chi connectivity index (χ4v) is 4.88. The number of aromatic nitrogens is 2. The Hall–Kier alpha value is -2.67. The van der Waals surface area contributed by atoms with Crippen LogP contribution >= 0.6 is 15.9 Å². The number of amides is 1. The second-order valence-corrected chi connectivity index (χ2v) is 8.82. The van der Waals surface area contributed by atoms with Gasteiger partial charge in [0, 0.05) is 34.9 Å². The zero-order valence-electron chi connectivity index (χ0n) is 15.7. The van der Waals surface area contributed by atoms with Gasteiger partial charge in [-0.1, -0.05) is 34.8 Å². The van der Waals surface area contributed by atoms with Crippen molar-refractivity contribution in [3.8, 4) is 5.75 Å². The van der Waals surface area contributed by atoms with Gasteiger partial charge in [0.15, 0.2) is 5.78 Å². The minimum absolute atomic E-state index is 0.000910. The molecule has 6 nitrogen and oxygen atoms in total. The number of Topliss-reactive ketones (excluding diaryl/α,β-unsaturated/α-hetero) is 1. The molecular formula is C22H20BrN3O3. The van der Waals surface area contributed by atoms with Gasteiger partial charge in [-0.3, -0.25) is 14.7 Å². The lowest BCUT2D eigenvalue weighted by Gasteiger charge is -2.16. The zero-order valence-corrected chi connectivity index (χ0v) is 17.3. The lowest BCUT2D eigenvalue weighted by molar-refractivity contribution is 0.0748. The van der Waals surface area contributed by atoms with Gasteiger partial charge in [0.1, 0.15) is 11.4 Å². The van der Waals surface area contributed by atoms with Crippen molar-refractivity contribution in [2.45, 2.75) is 38.8 Å². The number of H-pyrrole nitrogens is 1. The van der Waals surface area contributed by atoms with Gasteiger partial charge in [-0.2, -0.15) is 5.10 Å². The molecule has 2 heterocycles. The third-order valence-electron chi connectivity index (χ3n) is 6.05. The van der Waals surface area contributed by atoms with E-state index in [4.69, 9.17) is 0 Å². The average molecular weight is 454 g/mol. The van der Waals surface area contributed by atoms with E-state index in [1.54, 1.807) is 11.0 Å². The van der Waals surface area contributed by atoms with Crippen molar-refractivity contribution in [3.05, 3.63) is 57.2 Å². The Labute approximate surface area is 176 Å². The number of nitrogens with one attached hydrogen (secondary N) is 1. The number of rotatable bonds is 3. The molecule has 2 N–H and O–H groups in total. The summed E-state index contributed by atoms with van der Waals surface area (Å²) in [6.07, 6.45) is 3.90. The maximum atomic E-state index is 13.2. The first-order valence-corrected chi connectivity index (χ1v) is 10.6. The average Bonchev–Trinajstić information content (AvgIpc) is 3.44. The molecule has 3 aromatic rings. The largest absolute Gasteiger partial charge is 0.507 e. The normalized spacial score (nSPS) is 16.5. The highest BCUT2D eigenvalue weighted by molar-refractivity contribution is 9.10. The smallest absolute Gasteiger partial charge is 0.258 e. The number of aromatic hydroxyl groups is 1. The van der Waals surface area contributed by atoms with Gasteiger partial charge >= 0.3 is 0 Å². The molecule has 1 aliphatic heterocycles. The quantitative estimate of drug-likeness (QED) is 0.569. The van der Waals surface area contributed by atoms with E-state index in [1.165, 1.54) is 6.07 Å². The van der Waals surface area contributed by atoms with Crippen molar-refractivity contribution >= 4 is 38.5 Å². The maximum absolute atomic E-state index is 13.2. The van der Waals surface area contributed by atoms with Gasteiger partial charge in [0.05, 0.1) is 11.1 Å². The number of aromatic amines is 1. The summed E-state index contributed by atoms with van der Waals surface area (Å²) in [5.41, 5.74) is 3.33. The van der Waals surface area contributed by atoms with Gasteiger partial charge in [-0.15, -0.1) is 0 Å². The number of carbonyl (C=O) groups is 2. The SMILES string of the molecule is O=C(c1n[nH]c2cc(O)c(C(=O)N3Cc4ccc(Br)cc4C3)cc12)C1CCCC1. The Morgan fingerprint density at radius 1 is 1.10 bits per heavy atom. The van der Waals surface area contributed by atoms with E-state index in [1.807, 2.05) is 18.2 Å². The molecule has 0 unspecified atom stereocenters. The van der Waals surface area contributed by atoms with Gasteiger partial charge in [0.25, 0.3) is 5.91 Å². The Morgan fingerprint density at radius 3 is 2.66 bits per heavy atom. The van der Waals surface area contributed by atoms with Crippen LogP contribution in [-0.2, 0) is 13.1 Å². The standard InChI is InChI=1S/C22H20BrN3O3/c23-15-6-5-13-10-26(11-14(13)7-15)22(29)17-8-16-18(9-19(17)27)24-25-20(16)21(28)12-3-1-2-4-12/h5-9,12,27H,1-4,10-11H2,(H,24,25). The molecule has 5 rings (SSSR count). The molecule has 7 heteroatoms. The Bertz CT molecular complexity index is 1150. The zero-order chi connectivity index (χ0) is 20.1. The van der Waals surface area contributed by atoms with Crippen molar-refractivity contribution in [3.63, 3.8) is 0 Å². The molecule has 2 aliphatic rings. The van der Waals surface area contributed by atoms with E-state index >= 15 is 0 Å². The van der Waals surface area contributed by atoms with Gasteiger partial charge in [-0.25, -0.2) is 0 Å². The fourth-order valence-electron chi connectivity index (χ4n) is 4.47. The second kappa shape index (κ2) is 6.99. The molecule has 29 heavy (non-hydrogen) atoms. The van der Waals surface area contributed by atoms with Crippen LogP contribution in [-0.4, -0.2) is 31.9 Å². The molecular weight excluding hydrogens is 434 g/mol. The molecule has 0 radical (unpaired) electrons. The predicted molar refractivity (Wildman–Crippen MR) is 112 cm³/mol. The molecule has 0 spiro atoms. The molecule has 1 aliphatic carbocycles. The summed E-state index contributed by atoms with van der Waals surface area (Å²) in [5, 5.41) is 18.1. The van der Waals surface area contributed by atoms with Crippen LogP contribution in [0, 0.1) is 5.92 Å². The van der Waals surface area contributed by atoms with E-state index in [0.717, 1.165) is 41.3 Å². The summed E-state index contributed by atoms with van der Waals surface area (Å²) < 4.78 is 0.975. The van der Waals surface area contributed by atoms with E-state index < -0.39 is 0 Å². The number of nitrogens with zero attached hydrogens (tertiary/aromatic N) is 2. The monoisotopic (exact) mass is 453 g/mol. The number of hydrogen-bond acceptors (Lipinski definition) is 4. The van der Waals surface area contributed by atoms with Crippen molar-refractivity contribution in [2.24, 2.45) is 5.92 Å². The molecule has 0 atom stereocenters. The Balaban J connectivity index is 1.48. The first-order chi connectivity index (χ1) is 14.0. The number of benzene rings is 2. The predicted octanol–water partition coefficient (Wildman–Crippen LogP) is 4.56. The number of hydrogen-bond donors (Lipinski definition) is 2. The summed E-state index contributed by atoms with van der Waals surface area (Å²) in [6, 6.07) is 9.07. The summed E-state index contributed by atoms with van der Waals surface area (Å²) in [5.74, 6) is -0.336. The van der Waals surface area contributed by atoms with Crippen molar-refractivity contribution in [1.82, 2.24) is 15.1 Å². The highest BCUT2D eigenvalue weighted by Crippen LogP contribution is 2.34. The second-order valence-electron chi connectivity index (χ2n) is 7.91. The van der Waals surface area contributed by atoms with Crippen LogP contribution < -0.4 is 0 Å². The molecule has 0 bridgehead atoms. The highest BCUT2D eigenvalue weighted by atomic mass is 79.9. The molecule has 1 saturated carbocycles. The Morgan fingerprint density at radius 2 is 1.86 bits per heavy atom. The van der Waals surface area contributed by atoms with Gasteiger partial charge in [0.2, 0.25) is 0 Å². The van der Waals surface area contributed by atoms with Crippen LogP contribution in [0.2, 0.25) is 0 Å². The number of carbonyl (C=O) groups excluding carboxylic acids is 2. The van der Waals surface area contributed by atoms with Crippen LogP contribution in [0.3, 0.4) is 0 Å². The molecule has 1 fully saturated rings. The summed E-state index contributed by atoms with van der Waals surface area (Å²) in [4.78, 5) is 27.7. The number of phenolic OH excluding ortho intramolecular Hbond substituents is 1. The van der Waals surface area contributed by atoms with E-state index in [9.17, 15) is 14.7 Å². The number of fused-ring (bicyclic) bond motifs is 2.